The zero-order valence-corrected chi connectivity index (χ0v) is 12.7. The van der Waals surface area contributed by atoms with Crippen LogP contribution in [-0.2, 0) is 9.59 Å². The highest BCUT2D eigenvalue weighted by Crippen LogP contribution is 2.21. The first-order valence-corrected chi connectivity index (χ1v) is 7.17. The highest BCUT2D eigenvalue weighted by molar-refractivity contribution is 5.81. The number of likely N-dealkylation sites (tertiary alicyclic amines) is 1. The van der Waals surface area contributed by atoms with E-state index in [9.17, 15) is 9.59 Å². The molecule has 0 bridgehead atoms. The van der Waals surface area contributed by atoms with Gasteiger partial charge >= 0.3 is 5.97 Å². The number of carbonyl (C=O) groups is 2. The van der Waals surface area contributed by atoms with Gasteiger partial charge in [0.2, 0.25) is 5.91 Å². The predicted molar refractivity (Wildman–Crippen MR) is 77.2 cm³/mol. The molecule has 1 aliphatic rings. The lowest BCUT2D eigenvalue weighted by molar-refractivity contribution is -0.138. The summed E-state index contributed by atoms with van der Waals surface area (Å²) in [5, 5.41) is 12.0. The van der Waals surface area contributed by atoms with Crippen molar-refractivity contribution in [2.24, 2.45) is 17.1 Å². The summed E-state index contributed by atoms with van der Waals surface area (Å²) >= 11 is 0. The maximum absolute atomic E-state index is 12.1. The Morgan fingerprint density at radius 2 is 2.00 bits per heavy atom. The summed E-state index contributed by atoms with van der Waals surface area (Å²) in [5.74, 6) is -0.713. The number of carboxylic acid groups (broad SMARTS) is 1. The number of piperidine rings is 1. The molecule has 1 amide bonds. The number of nitrogens with zero attached hydrogens (tertiary/aromatic N) is 1. The third-order valence-electron chi connectivity index (χ3n) is 3.54. The molecule has 0 radical (unpaired) electrons. The summed E-state index contributed by atoms with van der Waals surface area (Å²) in [4.78, 5) is 25.1. The van der Waals surface area contributed by atoms with Crippen molar-refractivity contribution in [1.29, 1.82) is 0 Å². The van der Waals surface area contributed by atoms with Crippen LogP contribution < -0.4 is 11.1 Å². The van der Waals surface area contributed by atoms with E-state index in [4.69, 9.17) is 10.8 Å². The Morgan fingerprint density at radius 3 is 2.50 bits per heavy atom. The fourth-order valence-electron chi connectivity index (χ4n) is 2.57. The SMILES string of the molecule is CC(C)(C)C(=O)NC1CC(CC(=O)O)CN(CCN)C1. The maximum Gasteiger partial charge on any atom is 0.303 e. The predicted octanol–water partition coefficient (Wildman–Crippen LogP) is 0.273. The van der Waals surface area contributed by atoms with Gasteiger partial charge in [0.1, 0.15) is 0 Å². The fraction of sp³-hybridized carbons (Fsp3) is 0.857. The van der Waals surface area contributed by atoms with Gasteiger partial charge in [0.25, 0.3) is 0 Å². The van der Waals surface area contributed by atoms with E-state index in [2.05, 4.69) is 10.2 Å². The van der Waals surface area contributed by atoms with Crippen LogP contribution in [0.25, 0.3) is 0 Å². The molecule has 0 aliphatic carbocycles. The zero-order chi connectivity index (χ0) is 15.3. The summed E-state index contributed by atoms with van der Waals surface area (Å²) in [5.41, 5.74) is 5.14. The van der Waals surface area contributed by atoms with Crippen molar-refractivity contribution >= 4 is 11.9 Å². The highest BCUT2D eigenvalue weighted by Gasteiger charge is 2.31. The van der Waals surface area contributed by atoms with Gasteiger partial charge in [-0.05, 0) is 12.3 Å². The smallest absolute Gasteiger partial charge is 0.303 e. The molecule has 2 unspecified atom stereocenters. The molecule has 6 heteroatoms. The number of hydrogen-bond acceptors (Lipinski definition) is 4. The van der Waals surface area contributed by atoms with Crippen molar-refractivity contribution in [1.82, 2.24) is 10.2 Å². The van der Waals surface area contributed by atoms with Gasteiger partial charge in [0, 0.05) is 44.1 Å². The zero-order valence-electron chi connectivity index (χ0n) is 12.7. The second-order valence-electron chi connectivity index (χ2n) is 6.67. The van der Waals surface area contributed by atoms with Crippen molar-refractivity contribution < 1.29 is 14.7 Å². The Morgan fingerprint density at radius 1 is 1.35 bits per heavy atom. The number of nitrogens with two attached hydrogens (primary N) is 1. The minimum absolute atomic E-state index is 0.00572. The molecular formula is C14H27N3O3. The summed E-state index contributed by atoms with van der Waals surface area (Å²) in [6.45, 7) is 8.38. The molecule has 4 N–H and O–H groups in total. The van der Waals surface area contributed by atoms with Crippen LogP contribution in [-0.4, -0.2) is 54.1 Å². The molecule has 0 aromatic heterocycles. The summed E-state index contributed by atoms with van der Waals surface area (Å²) in [6, 6.07) is 0.00590. The second kappa shape index (κ2) is 7.04. The number of nitrogens with one attached hydrogen (secondary N) is 1. The molecule has 1 fully saturated rings. The van der Waals surface area contributed by atoms with E-state index in [1.807, 2.05) is 20.8 Å². The Labute approximate surface area is 120 Å². The van der Waals surface area contributed by atoms with Crippen molar-refractivity contribution in [3.05, 3.63) is 0 Å². The lowest BCUT2D eigenvalue weighted by Crippen LogP contribution is -2.53. The third kappa shape index (κ3) is 5.46. The molecular weight excluding hydrogens is 258 g/mol. The molecule has 20 heavy (non-hydrogen) atoms. The molecule has 2 atom stereocenters. The Balaban J connectivity index is 2.64. The van der Waals surface area contributed by atoms with Gasteiger partial charge in [-0.3, -0.25) is 14.5 Å². The largest absolute Gasteiger partial charge is 0.481 e. The van der Waals surface area contributed by atoms with E-state index in [0.29, 0.717) is 6.54 Å². The number of carboxylic acids is 1. The van der Waals surface area contributed by atoms with Crippen molar-refractivity contribution in [2.45, 2.75) is 39.7 Å². The van der Waals surface area contributed by atoms with Crippen LogP contribution >= 0.6 is 0 Å². The average Bonchev–Trinajstić information content (AvgIpc) is 2.26. The van der Waals surface area contributed by atoms with Crippen molar-refractivity contribution in [2.75, 3.05) is 26.2 Å². The first-order chi connectivity index (χ1) is 9.22. The number of hydrogen-bond donors (Lipinski definition) is 3. The van der Waals surface area contributed by atoms with Crippen LogP contribution in [0.5, 0.6) is 0 Å². The normalized spacial score (nSPS) is 24.4. The van der Waals surface area contributed by atoms with Crippen LogP contribution in [0.15, 0.2) is 0 Å². The quantitative estimate of drug-likeness (QED) is 0.674. The average molecular weight is 285 g/mol. The van der Waals surface area contributed by atoms with E-state index in [0.717, 1.165) is 26.1 Å². The first-order valence-electron chi connectivity index (χ1n) is 7.17. The minimum Gasteiger partial charge on any atom is -0.481 e. The topological polar surface area (TPSA) is 95.7 Å². The third-order valence-corrected chi connectivity index (χ3v) is 3.54. The van der Waals surface area contributed by atoms with E-state index < -0.39 is 11.4 Å². The van der Waals surface area contributed by atoms with Crippen LogP contribution in [0.1, 0.15) is 33.6 Å². The molecule has 0 saturated carbocycles. The van der Waals surface area contributed by atoms with Crippen molar-refractivity contribution in [3.8, 4) is 0 Å². The van der Waals surface area contributed by atoms with E-state index >= 15 is 0 Å². The Kier molecular flexibility index (Phi) is 5.95. The van der Waals surface area contributed by atoms with Gasteiger partial charge < -0.3 is 16.2 Å². The van der Waals surface area contributed by atoms with Crippen LogP contribution in [0.4, 0.5) is 0 Å². The number of amides is 1. The van der Waals surface area contributed by atoms with Crippen LogP contribution in [0.3, 0.4) is 0 Å². The standard InChI is InChI=1S/C14H27N3O3/c1-14(2,3)13(20)16-11-6-10(7-12(18)19)8-17(9-11)5-4-15/h10-11H,4-9,15H2,1-3H3,(H,16,20)(H,18,19). The summed E-state index contributed by atoms with van der Waals surface area (Å²) in [6.07, 6.45) is 0.859. The molecule has 1 heterocycles. The highest BCUT2D eigenvalue weighted by atomic mass is 16.4. The molecule has 116 valence electrons. The molecule has 0 aromatic carbocycles. The molecule has 1 rings (SSSR count). The second-order valence-corrected chi connectivity index (χ2v) is 6.67. The summed E-state index contributed by atoms with van der Waals surface area (Å²) in [7, 11) is 0. The summed E-state index contributed by atoms with van der Waals surface area (Å²) < 4.78 is 0. The first kappa shape index (κ1) is 16.9. The van der Waals surface area contributed by atoms with Gasteiger partial charge in [0.05, 0.1) is 0 Å². The van der Waals surface area contributed by atoms with E-state index in [-0.39, 0.29) is 24.3 Å². The number of aliphatic carboxylic acids is 1. The van der Waals surface area contributed by atoms with Crippen molar-refractivity contribution in [3.63, 3.8) is 0 Å². The molecule has 6 nitrogen and oxygen atoms in total. The Hall–Kier alpha value is -1.14. The minimum atomic E-state index is -0.787. The van der Waals surface area contributed by atoms with E-state index in [1.165, 1.54) is 0 Å². The molecule has 0 spiro atoms. The van der Waals surface area contributed by atoms with Gasteiger partial charge in [-0.1, -0.05) is 20.8 Å². The maximum atomic E-state index is 12.1. The fourth-order valence-corrected chi connectivity index (χ4v) is 2.57. The van der Waals surface area contributed by atoms with E-state index in [1.54, 1.807) is 0 Å². The molecule has 1 saturated heterocycles. The van der Waals surface area contributed by atoms with Crippen LogP contribution in [0, 0.1) is 11.3 Å². The number of rotatable bonds is 5. The monoisotopic (exact) mass is 285 g/mol. The lowest BCUT2D eigenvalue weighted by Gasteiger charge is -2.38. The number of carbonyl (C=O) groups excluding carboxylic acids is 1. The molecule has 0 aromatic rings. The van der Waals surface area contributed by atoms with Gasteiger partial charge in [-0.2, -0.15) is 0 Å². The Bertz CT molecular complexity index is 352. The van der Waals surface area contributed by atoms with Gasteiger partial charge in [0.15, 0.2) is 0 Å². The lowest BCUT2D eigenvalue weighted by atomic mass is 9.89. The van der Waals surface area contributed by atoms with Gasteiger partial charge in [-0.25, -0.2) is 0 Å². The molecule has 1 aliphatic heterocycles. The van der Waals surface area contributed by atoms with Crippen LogP contribution in [0.2, 0.25) is 0 Å². The van der Waals surface area contributed by atoms with Gasteiger partial charge in [-0.15, -0.1) is 0 Å².